The van der Waals surface area contributed by atoms with Crippen molar-refractivity contribution in [3.63, 3.8) is 0 Å². The average molecular weight is 422 g/mol. The number of rotatable bonds is 7. The van der Waals surface area contributed by atoms with Crippen molar-refractivity contribution >= 4 is 16.6 Å². The standard InChI is InChI=1S/C26H35N3O2/c1-19(2)29-20(3)24(25-15-21(17-30)22(18-31)16-26(25)29)9-10-27-11-13-28(14-12-27)23-7-5-4-6-8-23/h4-8,15-16,19,30-31H,9-14,17-18H2,1-3H3. The van der Waals surface area contributed by atoms with E-state index < -0.39 is 0 Å². The van der Waals surface area contributed by atoms with Crippen LogP contribution in [0.5, 0.6) is 0 Å². The number of piperazine rings is 1. The lowest BCUT2D eigenvalue weighted by molar-refractivity contribution is 0.260. The zero-order chi connectivity index (χ0) is 22.0. The fourth-order valence-corrected chi connectivity index (χ4v) is 5.05. The van der Waals surface area contributed by atoms with E-state index in [4.69, 9.17) is 0 Å². The molecule has 0 unspecified atom stereocenters. The molecule has 1 aliphatic heterocycles. The lowest BCUT2D eigenvalue weighted by atomic mass is 10.0. The summed E-state index contributed by atoms with van der Waals surface area (Å²) in [5.74, 6) is 0. The molecule has 1 aromatic heterocycles. The predicted octanol–water partition coefficient (Wildman–Crippen LogP) is 3.88. The van der Waals surface area contributed by atoms with Gasteiger partial charge in [-0.3, -0.25) is 4.90 Å². The molecule has 2 aromatic carbocycles. The Hall–Kier alpha value is -2.34. The van der Waals surface area contributed by atoms with E-state index in [9.17, 15) is 10.2 Å². The molecule has 4 rings (SSSR count). The first kappa shape index (κ1) is 21.9. The summed E-state index contributed by atoms with van der Waals surface area (Å²) in [7, 11) is 0. The van der Waals surface area contributed by atoms with Crippen LogP contribution in [0.4, 0.5) is 5.69 Å². The smallest absolute Gasteiger partial charge is 0.0686 e. The first-order valence-corrected chi connectivity index (χ1v) is 11.4. The molecule has 0 aliphatic carbocycles. The van der Waals surface area contributed by atoms with Crippen LogP contribution in [-0.2, 0) is 19.6 Å². The van der Waals surface area contributed by atoms with Gasteiger partial charge in [0.2, 0.25) is 0 Å². The van der Waals surface area contributed by atoms with Crippen molar-refractivity contribution in [2.45, 2.75) is 46.4 Å². The van der Waals surface area contributed by atoms with Gasteiger partial charge in [-0.05, 0) is 68.1 Å². The molecule has 166 valence electrons. The monoisotopic (exact) mass is 421 g/mol. The van der Waals surface area contributed by atoms with Gasteiger partial charge in [-0.1, -0.05) is 18.2 Å². The summed E-state index contributed by atoms with van der Waals surface area (Å²) in [5, 5.41) is 20.8. The Kier molecular flexibility index (Phi) is 6.65. The van der Waals surface area contributed by atoms with Crippen molar-refractivity contribution in [3.05, 3.63) is 64.8 Å². The molecular formula is C26H35N3O2. The summed E-state index contributed by atoms with van der Waals surface area (Å²) in [5.41, 5.74) is 6.79. The van der Waals surface area contributed by atoms with Gasteiger partial charge in [0, 0.05) is 61.0 Å². The molecule has 0 amide bonds. The van der Waals surface area contributed by atoms with Gasteiger partial charge >= 0.3 is 0 Å². The Balaban J connectivity index is 1.53. The molecule has 31 heavy (non-hydrogen) atoms. The van der Waals surface area contributed by atoms with Crippen molar-refractivity contribution in [1.29, 1.82) is 0 Å². The van der Waals surface area contributed by atoms with Crippen molar-refractivity contribution in [3.8, 4) is 0 Å². The average Bonchev–Trinajstić information content (AvgIpc) is 3.07. The Morgan fingerprint density at radius 1 is 0.903 bits per heavy atom. The van der Waals surface area contributed by atoms with Crippen LogP contribution in [0.2, 0.25) is 0 Å². The van der Waals surface area contributed by atoms with Crippen LogP contribution < -0.4 is 4.90 Å². The zero-order valence-corrected chi connectivity index (χ0v) is 19.0. The fourth-order valence-electron chi connectivity index (χ4n) is 5.05. The van der Waals surface area contributed by atoms with Crippen molar-refractivity contribution in [2.24, 2.45) is 0 Å². The van der Waals surface area contributed by atoms with E-state index >= 15 is 0 Å². The van der Waals surface area contributed by atoms with Gasteiger partial charge in [-0.15, -0.1) is 0 Å². The minimum absolute atomic E-state index is 0.0430. The SMILES string of the molecule is Cc1c(CCN2CCN(c3ccccc3)CC2)c2cc(CO)c(CO)cc2n1C(C)C. The largest absolute Gasteiger partial charge is 0.392 e. The number of nitrogens with zero attached hydrogens (tertiary/aromatic N) is 3. The zero-order valence-electron chi connectivity index (χ0n) is 19.0. The van der Waals surface area contributed by atoms with E-state index in [1.165, 1.54) is 22.3 Å². The molecule has 0 radical (unpaired) electrons. The van der Waals surface area contributed by atoms with Crippen LogP contribution in [0.15, 0.2) is 42.5 Å². The van der Waals surface area contributed by atoms with Crippen LogP contribution >= 0.6 is 0 Å². The van der Waals surface area contributed by atoms with E-state index in [2.05, 4.69) is 77.6 Å². The molecule has 3 aromatic rings. The van der Waals surface area contributed by atoms with Crippen LogP contribution in [-0.4, -0.2) is 52.4 Å². The van der Waals surface area contributed by atoms with Crippen molar-refractivity contribution in [2.75, 3.05) is 37.6 Å². The van der Waals surface area contributed by atoms with Gasteiger partial charge in [0.1, 0.15) is 0 Å². The molecule has 2 N–H and O–H groups in total. The topological polar surface area (TPSA) is 51.9 Å². The summed E-state index contributed by atoms with van der Waals surface area (Å²) in [4.78, 5) is 5.03. The maximum absolute atomic E-state index is 9.81. The maximum Gasteiger partial charge on any atom is 0.0686 e. The summed E-state index contributed by atoms with van der Waals surface area (Å²) in [6.07, 6.45) is 0.997. The number of anilines is 1. The number of aliphatic hydroxyl groups is 2. The molecule has 0 bridgehead atoms. The number of aliphatic hydroxyl groups excluding tert-OH is 2. The van der Waals surface area contributed by atoms with E-state index in [0.29, 0.717) is 6.04 Å². The molecule has 5 nitrogen and oxygen atoms in total. The van der Waals surface area contributed by atoms with Crippen LogP contribution in [0.3, 0.4) is 0 Å². The highest BCUT2D eigenvalue weighted by molar-refractivity contribution is 5.87. The summed E-state index contributed by atoms with van der Waals surface area (Å²) in [6, 6.07) is 15.2. The second kappa shape index (κ2) is 9.43. The Morgan fingerprint density at radius 3 is 2.16 bits per heavy atom. The fraction of sp³-hybridized carbons (Fsp3) is 0.462. The van der Waals surface area contributed by atoms with Gasteiger partial charge in [0.15, 0.2) is 0 Å². The number of hydrogen-bond donors (Lipinski definition) is 2. The summed E-state index contributed by atoms with van der Waals surface area (Å²) in [6.45, 7) is 11.8. The van der Waals surface area contributed by atoms with E-state index in [0.717, 1.165) is 55.8 Å². The van der Waals surface area contributed by atoms with Gasteiger partial charge < -0.3 is 19.7 Å². The maximum atomic E-state index is 9.81. The summed E-state index contributed by atoms with van der Waals surface area (Å²) < 4.78 is 2.37. The van der Waals surface area contributed by atoms with Gasteiger partial charge in [-0.25, -0.2) is 0 Å². The Labute approximate surface area is 185 Å². The first-order valence-electron chi connectivity index (χ1n) is 11.4. The predicted molar refractivity (Wildman–Crippen MR) is 128 cm³/mol. The molecule has 2 heterocycles. The van der Waals surface area contributed by atoms with E-state index in [1.54, 1.807) is 0 Å². The number of hydrogen-bond acceptors (Lipinski definition) is 4. The van der Waals surface area contributed by atoms with Crippen molar-refractivity contribution in [1.82, 2.24) is 9.47 Å². The van der Waals surface area contributed by atoms with E-state index in [-0.39, 0.29) is 13.2 Å². The summed E-state index contributed by atoms with van der Waals surface area (Å²) >= 11 is 0. The molecule has 1 fully saturated rings. The molecular weight excluding hydrogens is 386 g/mol. The van der Waals surface area contributed by atoms with Crippen molar-refractivity contribution < 1.29 is 10.2 Å². The highest BCUT2D eigenvalue weighted by Crippen LogP contribution is 2.32. The van der Waals surface area contributed by atoms with Gasteiger partial charge in [0.05, 0.1) is 13.2 Å². The second-order valence-corrected chi connectivity index (χ2v) is 8.90. The van der Waals surface area contributed by atoms with Crippen LogP contribution in [0.25, 0.3) is 10.9 Å². The third-order valence-electron chi connectivity index (χ3n) is 6.73. The number of benzene rings is 2. The lowest BCUT2D eigenvalue weighted by Crippen LogP contribution is -2.47. The second-order valence-electron chi connectivity index (χ2n) is 8.90. The van der Waals surface area contributed by atoms with Gasteiger partial charge in [-0.2, -0.15) is 0 Å². The molecule has 5 heteroatoms. The van der Waals surface area contributed by atoms with Crippen LogP contribution in [0, 0.1) is 6.92 Å². The number of fused-ring (bicyclic) bond motifs is 1. The molecule has 1 saturated heterocycles. The number of para-hydroxylation sites is 1. The Morgan fingerprint density at radius 2 is 1.55 bits per heavy atom. The molecule has 1 aliphatic rings. The molecule has 0 spiro atoms. The normalized spacial score (nSPS) is 15.4. The highest BCUT2D eigenvalue weighted by Gasteiger charge is 2.21. The quantitative estimate of drug-likeness (QED) is 0.608. The van der Waals surface area contributed by atoms with E-state index in [1.807, 2.05) is 0 Å². The Bertz CT molecular complexity index is 1020. The lowest BCUT2D eigenvalue weighted by Gasteiger charge is -2.36. The number of aromatic nitrogens is 1. The van der Waals surface area contributed by atoms with Crippen LogP contribution in [0.1, 0.15) is 42.3 Å². The minimum Gasteiger partial charge on any atom is -0.392 e. The highest BCUT2D eigenvalue weighted by atomic mass is 16.3. The molecule has 0 atom stereocenters. The molecule has 0 saturated carbocycles. The first-order chi connectivity index (χ1) is 15.0. The van der Waals surface area contributed by atoms with Gasteiger partial charge in [0.25, 0.3) is 0 Å². The third kappa shape index (κ3) is 4.36. The third-order valence-corrected chi connectivity index (χ3v) is 6.73. The minimum atomic E-state index is -0.0464.